The first-order chi connectivity index (χ1) is 12.7. The van der Waals surface area contributed by atoms with Gasteiger partial charge in [-0.1, -0.05) is 12.1 Å². The van der Waals surface area contributed by atoms with E-state index in [0.29, 0.717) is 25.2 Å². The highest BCUT2D eigenvalue weighted by Gasteiger charge is 2.30. The highest BCUT2D eigenvalue weighted by Crippen LogP contribution is 2.29. The molecule has 3 rings (SSSR count). The van der Waals surface area contributed by atoms with Crippen LogP contribution >= 0.6 is 0 Å². The Morgan fingerprint density at radius 2 is 1.96 bits per heavy atom. The lowest BCUT2D eigenvalue weighted by Crippen LogP contribution is -2.43. The van der Waals surface area contributed by atoms with E-state index in [0.717, 1.165) is 30.7 Å². The number of likely N-dealkylation sites (tertiary alicyclic amines) is 1. The molecule has 9 heteroatoms. The Kier molecular flexibility index (Phi) is 5.50. The molecule has 0 aromatic heterocycles. The van der Waals surface area contributed by atoms with E-state index in [1.54, 1.807) is 0 Å². The number of benzene rings is 1. The predicted molar refractivity (Wildman–Crippen MR) is 92.7 cm³/mol. The van der Waals surface area contributed by atoms with Crippen LogP contribution in [0.25, 0.3) is 0 Å². The second-order valence-electron chi connectivity index (χ2n) is 6.85. The van der Waals surface area contributed by atoms with Gasteiger partial charge in [-0.3, -0.25) is 14.5 Å². The third-order valence-electron chi connectivity index (χ3n) is 4.76. The maximum absolute atomic E-state index is 12.6. The van der Waals surface area contributed by atoms with Crippen molar-refractivity contribution < 1.29 is 22.8 Å². The van der Waals surface area contributed by atoms with Crippen molar-refractivity contribution in [1.29, 1.82) is 0 Å². The van der Waals surface area contributed by atoms with Crippen LogP contribution in [0, 0.1) is 0 Å². The van der Waals surface area contributed by atoms with E-state index in [1.165, 1.54) is 24.2 Å². The molecule has 1 atom stereocenters. The number of hydrogen-bond donors (Lipinski definition) is 1. The van der Waals surface area contributed by atoms with Crippen molar-refractivity contribution in [1.82, 2.24) is 15.2 Å². The molecule has 0 spiro atoms. The zero-order valence-electron chi connectivity index (χ0n) is 14.9. The number of rotatable bonds is 4. The van der Waals surface area contributed by atoms with E-state index >= 15 is 0 Å². The van der Waals surface area contributed by atoms with Crippen molar-refractivity contribution >= 4 is 17.5 Å². The van der Waals surface area contributed by atoms with Gasteiger partial charge in [-0.2, -0.15) is 18.3 Å². The molecule has 1 aromatic carbocycles. The molecular formula is C18H21F3N4O2. The number of halogens is 3. The van der Waals surface area contributed by atoms with E-state index in [4.69, 9.17) is 0 Å². The van der Waals surface area contributed by atoms with Crippen LogP contribution in [0.5, 0.6) is 0 Å². The van der Waals surface area contributed by atoms with Gasteiger partial charge in [0.25, 0.3) is 5.91 Å². The van der Waals surface area contributed by atoms with Gasteiger partial charge in [0.1, 0.15) is 5.71 Å². The maximum Gasteiger partial charge on any atom is 0.416 e. The third kappa shape index (κ3) is 4.85. The van der Waals surface area contributed by atoms with Gasteiger partial charge >= 0.3 is 6.18 Å². The van der Waals surface area contributed by atoms with E-state index < -0.39 is 11.7 Å². The molecule has 146 valence electrons. The first kappa shape index (κ1) is 19.3. The molecule has 1 aromatic rings. The topological polar surface area (TPSA) is 65.0 Å². The minimum Gasteiger partial charge on any atom is -0.347 e. The molecule has 0 radical (unpaired) electrons. The van der Waals surface area contributed by atoms with Crippen LogP contribution in [-0.2, 0) is 22.3 Å². The molecule has 0 saturated carbocycles. The zero-order valence-corrected chi connectivity index (χ0v) is 14.9. The standard InChI is InChI=1S/C18H21F3N4O2/c1-24-16(26)7-6-15(23-24)17(27)22-14-8-9-25(11-14)10-12-2-4-13(5-3-12)18(19,20)21/h2-5,14H,6-11H2,1H3,(H,22,27). The average molecular weight is 382 g/mol. The lowest BCUT2D eigenvalue weighted by molar-refractivity contribution is -0.137. The maximum atomic E-state index is 12.6. The van der Waals surface area contributed by atoms with Crippen molar-refractivity contribution in [2.24, 2.45) is 5.10 Å². The molecule has 2 amide bonds. The molecule has 0 bridgehead atoms. The molecule has 2 heterocycles. The lowest BCUT2D eigenvalue weighted by atomic mass is 10.1. The first-order valence-electron chi connectivity index (χ1n) is 8.76. The Morgan fingerprint density at radius 3 is 2.59 bits per heavy atom. The second kappa shape index (κ2) is 7.67. The smallest absolute Gasteiger partial charge is 0.347 e. The summed E-state index contributed by atoms with van der Waals surface area (Å²) in [7, 11) is 1.52. The molecule has 27 heavy (non-hydrogen) atoms. The Balaban J connectivity index is 1.51. The van der Waals surface area contributed by atoms with Crippen LogP contribution in [0.3, 0.4) is 0 Å². The van der Waals surface area contributed by atoms with Crippen LogP contribution in [0.1, 0.15) is 30.4 Å². The summed E-state index contributed by atoms with van der Waals surface area (Å²) in [6.45, 7) is 1.90. The minimum atomic E-state index is -4.33. The summed E-state index contributed by atoms with van der Waals surface area (Å²) in [5, 5.41) is 8.12. The van der Waals surface area contributed by atoms with E-state index in [2.05, 4.69) is 15.3 Å². The largest absolute Gasteiger partial charge is 0.416 e. The van der Waals surface area contributed by atoms with Crippen LogP contribution in [0.15, 0.2) is 29.4 Å². The van der Waals surface area contributed by atoms with Gasteiger partial charge in [0.05, 0.1) is 5.56 Å². The number of carbonyl (C=O) groups excluding carboxylic acids is 2. The molecule has 6 nitrogen and oxygen atoms in total. The molecule has 1 unspecified atom stereocenters. The van der Waals surface area contributed by atoms with E-state index in [1.807, 2.05) is 0 Å². The first-order valence-corrected chi connectivity index (χ1v) is 8.76. The summed E-state index contributed by atoms with van der Waals surface area (Å²) in [6.07, 6.45) is -2.97. The highest BCUT2D eigenvalue weighted by atomic mass is 19.4. The number of nitrogens with one attached hydrogen (secondary N) is 1. The summed E-state index contributed by atoms with van der Waals surface area (Å²) in [5.74, 6) is -0.383. The van der Waals surface area contributed by atoms with E-state index in [9.17, 15) is 22.8 Å². The highest BCUT2D eigenvalue weighted by molar-refractivity contribution is 6.39. The van der Waals surface area contributed by atoms with Crippen molar-refractivity contribution in [3.05, 3.63) is 35.4 Å². The van der Waals surface area contributed by atoms with Gasteiger partial charge in [0.2, 0.25) is 5.91 Å². The fourth-order valence-corrected chi connectivity index (χ4v) is 3.25. The molecule has 2 aliphatic rings. The Bertz CT molecular complexity index is 746. The third-order valence-corrected chi connectivity index (χ3v) is 4.76. The van der Waals surface area contributed by atoms with Crippen LogP contribution in [0.4, 0.5) is 13.2 Å². The quantitative estimate of drug-likeness (QED) is 0.866. The molecule has 1 N–H and O–H groups in total. The zero-order chi connectivity index (χ0) is 19.6. The van der Waals surface area contributed by atoms with Gasteiger partial charge in [-0.25, -0.2) is 5.01 Å². The van der Waals surface area contributed by atoms with Crippen LogP contribution in [0.2, 0.25) is 0 Å². The van der Waals surface area contributed by atoms with Crippen LogP contribution < -0.4 is 5.32 Å². The second-order valence-corrected chi connectivity index (χ2v) is 6.85. The fraction of sp³-hybridized carbons (Fsp3) is 0.500. The Labute approximate surface area is 155 Å². The van der Waals surface area contributed by atoms with Gasteiger partial charge in [0, 0.05) is 45.6 Å². The minimum absolute atomic E-state index is 0.0439. The van der Waals surface area contributed by atoms with Gasteiger partial charge in [-0.05, 0) is 24.1 Å². The van der Waals surface area contributed by atoms with Crippen molar-refractivity contribution in [2.45, 2.75) is 38.0 Å². The summed E-state index contributed by atoms with van der Waals surface area (Å²) in [6, 6.07) is 5.10. The van der Waals surface area contributed by atoms with Crippen molar-refractivity contribution in [2.75, 3.05) is 20.1 Å². The van der Waals surface area contributed by atoms with Crippen LogP contribution in [-0.4, -0.2) is 53.6 Å². The Hall–Kier alpha value is -2.42. The van der Waals surface area contributed by atoms with Gasteiger partial charge in [0.15, 0.2) is 0 Å². The summed E-state index contributed by atoms with van der Waals surface area (Å²) < 4.78 is 37.8. The SMILES string of the molecule is CN1N=C(C(=O)NC2CCN(Cc3ccc(C(F)(F)F)cc3)C2)CCC1=O. The van der Waals surface area contributed by atoms with Gasteiger partial charge in [-0.15, -0.1) is 0 Å². The predicted octanol–water partition coefficient (Wildman–Crippen LogP) is 2.00. The molecular weight excluding hydrogens is 361 g/mol. The molecule has 1 fully saturated rings. The number of alkyl halides is 3. The molecule has 1 saturated heterocycles. The number of carbonyl (C=O) groups is 2. The summed E-state index contributed by atoms with van der Waals surface area (Å²) >= 11 is 0. The fourth-order valence-electron chi connectivity index (χ4n) is 3.25. The van der Waals surface area contributed by atoms with Gasteiger partial charge < -0.3 is 5.32 Å². The monoisotopic (exact) mass is 382 g/mol. The number of amides is 2. The number of hydrogen-bond acceptors (Lipinski definition) is 4. The number of hydrazone groups is 1. The normalized spacial score (nSPS) is 21.3. The average Bonchev–Trinajstić information content (AvgIpc) is 3.04. The number of nitrogens with zero attached hydrogens (tertiary/aromatic N) is 3. The molecule has 2 aliphatic heterocycles. The molecule has 0 aliphatic carbocycles. The van der Waals surface area contributed by atoms with Crippen molar-refractivity contribution in [3.63, 3.8) is 0 Å². The summed E-state index contributed by atoms with van der Waals surface area (Å²) in [4.78, 5) is 25.8. The van der Waals surface area contributed by atoms with E-state index in [-0.39, 0.29) is 24.3 Å². The lowest BCUT2D eigenvalue weighted by Gasteiger charge is -2.21. The van der Waals surface area contributed by atoms with Crippen molar-refractivity contribution in [3.8, 4) is 0 Å². The summed E-state index contributed by atoms with van der Waals surface area (Å²) in [5.41, 5.74) is 0.486. The Morgan fingerprint density at radius 1 is 1.26 bits per heavy atom.